The summed E-state index contributed by atoms with van der Waals surface area (Å²) in [7, 11) is 1.73. The quantitative estimate of drug-likeness (QED) is 0.762. The summed E-state index contributed by atoms with van der Waals surface area (Å²) in [5.41, 5.74) is 3.30. The van der Waals surface area contributed by atoms with Gasteiger partial charge in [0.05, 0.1) is 17.6 Å². The number of nitrogens with one attached hydrogen (secondary N) is 2. The van der Waals surface area contributed by atoms with Gasteiger partial charge in [-0.05, 0) is 37.3 Å². The van der Waals surface area contributed by atoms with E-state index in [1.54, 1.807) is 36.2 Å². The second kappa shape index (κ2) is 6.16. The van der Waals surface area contributed by atoms with Crippen LogP contribution in [0.1, 0.15) is 40.3 Å². The molecule has 2 heterocycles. The van der Waals surface area contributed by atoms with Crippen LogP contribution in [0.4, 0.5) is 0 Å². The molecule has 0 aliphatic heterocycles. The lowest BCUT2D eigenvalue weighted by Crippen LogP contribution is -2.29. The first kappa shape index (κ1) is 15.6. The van der Waals surface area contributed by atoms with Gasteiger partial charge >= 0.3 is 0 Å². The molecule has 0 saturated heterocycles. The maximum atomic E-state index is 12.9. The normalized spacial score (nSPS) is 13.6. The number of benzene rings is 1. The Morgan fingerprint density at radius 2 is 1.88 bits per heavy atom. The number of amides is 1. The third-order valence-corrected chi connectivity index (χ3v) is 4.77. The molecule has 0 fully saturated rings. The van der Waals surface area contributed by atoms with E-state index in [1.165, 1.54) is 17.7 Å². The molecule has 2 aromatic heterocycles. The van der Waals surface area contributed by atoms with Crippen LogP contribution >= 0.6 is 0 Å². The van der Waals surface area contributed by atoms with Crippen molar-refractivity contribution in [3.8, 4) is 0 Å². The molecule has 1 aliphatic carbocycles. The van der Waals surface area contributed by atoms with Crippen LogP contribution in [-0.2, 0) is 19.4 Å². The van der Waals surface area contributed by atoms with E-state index >= 15 is 0 Å². The van der Waals surface area contributed by atoms with E-state index in [2.05, 4.69) is 20.4 Å². The van der Waals surface area contributed by atoms with Gasteiger partial charge in [0.1, 0.15) is 0 Å². The summed E-state index contributed by atoms with van der Waals surface area (Å²) in [5, 5.41) is 14.9. The monoisotopic (exact) mass is 337 g/mol. The molecule has 0 saturated carbocycles. The van der Waals surface area contributed by atoms with Crippen molar-refractivity contribution in [1.29, 1.82) is 0 Å². The summed E-state index contributed by atoms with van der Waals surface area (Å²) in [6.45, 7) is 0.416. The van der Waals surface area contributed by atoms with Gasteiger partial charge < -0.3 is 4.90 Å². The summed E-state index contributed by atoms with van der Waals surface area (Å²) in [5.74, 6) is -0.236. The molecular formula is C18H19N5O2. The third kappa shape index (κ3) is 2.71. The Morgan fingerprint density at radius 3 is 2.72 bits per heavy atom. The first-order valence-corrected chi connectivity index (χ1v) is 8.43. The van der Waals surface area contributed by atoms with Crippen molar-refractivity contribution in [2.75, 3.05) is 7.05 Å². The van der Waals surface area contributed by atoms with E-state index in [-0.39, 0.29) is 17.2 Å². The Labute approximate surface area is 144 Å². The second-order valence-electron chi connectivity index (χ2n) is 6.44. The summed E-state index contributed by atoms with van der Waals surface area (Å²) in [4.78, 5) is 26.3. The fourth-order valence-corrected chi connectivity index (χ4v) is 3.44. The zero-order valence-electron chi connectivity index (χ0n) is 14.0. The number of nitrogens with zero attached hydrogens (tertiary/aromatic N) is 3. The molecule has 0 unspecified atom stereocenters. The van der Waals surface area contributed by atoms with E-state index in [9.17, 15) is 9.59 Å². The van der Waals surface area contributed by atoms with Crippen LogP contribution in [0.2, 0.25) is 0 Å². The van der Waals surface area contributed by atoms with Crippen LogP contribution in [0.3, 0.4) is 0 Å². The van der Waals surface area contributed by atoms with Crippen molar-refractivity contribution in [1.82, 2.24) is 25.3 Å². The minimum absolute atomic E-state index is 0.236. The Hall–Kier alpha value is -2.96. The number of carbonyl (C=O) groups excluding carboxylic acids is 1. The van der Waals surface area contributed by atoms with Crippen LogP contribution < -0.4 is 5.56 Å². The smallest absolute Gasteiger partial charge is 0.275 e. The Balaban J connectivity index is 1.64. The van der Waals surface area contributed by atoms with Crippen molar-refractivity contribution in [2.45, 2.75) is 32.2 Å². The van der Waals surface area contributed by atoms with E-state index < -0.39 is 0 Å². The highest BCUT2D eigenvalue weighted by Crippen LogP contribution is 2.23. The van der Waals surface area contributed by atoms with E-state index in [4.69, 9.17) is 0 Å². The van der Waals surface area contributed by atoms with Crippen LogP contribution in [0.15, 0.2) is 29.1 Å². The minimum Gasteiger partial charge on any atom is -0.334 e. The summed E-state index contributed by atoms with van der Waals surface area (Å²) < 4.78 is 0. The second-order valence-corrected chi connectivity index (χ2v) is 6.44. The van der Waals surface area contributed by atoms with Gasteiger partial charge in [-0.1, -0.05) is 18.2 Å². The van der Waals surface area contributed by atoms with Crippen molar-refractivity contribution in [3.63, 3.8) is 0 Å². The topological polar surface area (TPSA) is 94.7 Å². The molecule has 4 rings (SSSR count). The van der Waals surface area contributed by atoms with E-state index in [0.717, 1.165) is 25.0 Å². The molecule has 2 N–H and O–H groups in total. The molecular weight excluding hydrogens is 318 g/mol. The van der Waals surface area contributed by atoms with Crippen molar-refractivity contribution >= 4 is 16.7 Å². The molecule has 128 valence electrons. The first-order chi connectivity index (χ1) is 12.1. The number of carbonyl (C=O) groups is 1. The van der Waals surface area contributed by atoms with Gasteiger partial charge in [-0.25, -0.2) is 5.10 Å². The fraction of sp³-hybridized carbons (Fsp3) is 0.333. The molecule has 1 amide bonds. The molecule has 3 aromatic rings. The molecule has 0 radical (unpaired) electrons. The van der Waals surface area contributed by atoms with Crippen molar-refractivity contribution in [3.05, 3.63) is 57.3 Å². The number of aromatic amines is 2. The maximum absolute atomic E-state index is 12.9. The minimum atomic E-state index is -0.295. The molecule has 7 nitrogen and oxygen atoms in total. The summed E-state index contributed by atoms with van der Waals surface area (Å²) >= 11 is 0. The maximum Gasteiger partial charge on any atom is 0.275 e. The molecule has 0 bridgehead atoms. The highest BCUT2D eigenvalue weighted by molar-refractivity contribution is 6.04. The number of H-pyrrole nitrogens is 2. The number of rotatable bonds is 3. The highest BCUT2D eigenvalue weighted by Gasteiger charge is 2.22. The number of fused-ring (bicyclic) bond motifs is 2. The average Bonchev–Trinajstić information content (AvgIpc) is 3.05. The standard InChI is InChI=1S/C18H19N5O2/c1-23(10-15-13-8-4-5-9-14(13)19-20-15)18(25)16-11-6-2-3-7-12(11)17(24)22-21-16/h2-3,6-7H,4-5,8-10H2,1H3,(H,19,20)(H,22,24). The SMILES string of the molecule is CN(Cc1n[nH]c2c1CCCC2)C(=O)c1n[nH]c(=O)c2ccccc12. The predicted octanol–water partition coefficient (Wildman–Crippen LogP) is 1.80. The number of hydrogen-bond donors (Lipinski definition) is 2. The lowest BCUT2D eigenvalue weighted by atomic mass is 9.96. The largest absolute Gasteiger partial charge is 0.334 e. The Morgan fingerprint density at radius 1 is 1.12 bits per heavy atom. The van der Waals surface area contributed by atoms with Gasteiger partial charge in [-0.15, -0.1) is 0 Å². The van der Waals surface area contributed by atoms with E-state index in [0.29, 0.717) is 17.3 Å². The molecule has 0 spiro atoms. The van der Waals surface area contributed by atoms with Crippen LogP contribution in [-0.4, -0.2) is 38.2 Å². The zero-order chi connectivity index (χ0) is 17.4. The third-order valence-electron chi connectivity index (χ3n) is 4.77. The summed E-state index contributed by atoms with van der Waals surface area (Å²) in [6, 6.07) is 7.00. The molecule has 25 heavy (non-hydrogen) atoms. The number of aryl methyl sites for hydroxylation is 1. The van der Waals surface area contributed by atoms with Gasteiger partial charge in [0.25, 0.3) is 11.5 Å². The van der Waals surface area contributed by atoms with Gasteiger partial charge in [-0.3, -0.25) is 14.7 Å². The average molecular weight is 337 g/mol. The molecule has 1 aromatic carbocycles. The lowest BCUT2D eigenvalue weighted by Gasteiger charge is -2.18. The van der Waals surface area contributed by atoms with Crippen molar-refractivity contribution in [2.24, 2.45) is 0 Å². The highest BCUT2D eigenvalue weighted by atomic mass is 16.2. The Kier molecular flexibility index (Phi) is 3.83. The zero-order valence-corrected chi connectivity index (χ0v) is 14.0. The molecule has 7 heteroatoms. The first-order valence-electron chi connectivity index (χ1n) is 8.43. The van der Waals surface area contributed by atoms with Crippen LogP contribution in [0.5, 0.6) is 0 Å². The predicted molar refractivity (Wildman–Crippen MR) is 93.4 cm³/mol. The van der Waals surface area contributed by atoms with Crippen LogP contribution in [0.25, 0.3) is 10.8 Å². The molecule has 1 aliphatic rings. The fourth-order valence-electron chi connectivity index (χ4n) is 3.44. The van der Waals surface area contributed by atoms with Crippen molar-refractivity contribution < 1.29 is 4.79 Å². The van der Waals surface area contributed by atoms with Gasteiger partial charge in [-0.2, -0.15) is 10.2 Å². The van der Waals surface area contributed by atoms with Gasteiger partial charge in [0.2, 0.25) is 0 Å². The summed E-state index contributed by atoms with van der Waals surface area (Å²) in [6.07, 6.45) is 4.36. The van der Waals surface area contributed by atoms with E-state index in [1.807, 2.05) is 0 Å². The number of hydrogen-bond acceptors (Lipinski definition) is 4. The van der Waals surface area contributed by atoms with Gasteiger partial charge in [0, 0.05) is 18.1 Å². The number of aromatic nitrogens is 4. The van der Waals surface area contributed by atoms with Crippen LogP contribution in [0, 0.1) is 0 Å². The molecule has 0 atom stereocenters. The lowest BCUT2D eigenvalue weighted by molar-refractivity contribution is 0.0778. The Bertz CT molecular complexity index is 1000. The van der Waals surface area contributed by atoms with Gasteiger partial charge in [0.15, 0.2) is 5.69 Å².